The lowest BCUT2D eigenvalue weighted by molar-refractivity contribution is -0.184. The summed E-state index contributed by atoms with van der Waals surface area (Å²) in [6.07, 6.45) is 9.16. The minimum Gasteiger partial charge on any atom is -0.332 e. The molecule has 0 N–H and O–H groups in total. The van der Waals surface area contributed by atoms with Gasteiger partial charge in [0.2, 0.25) is 0 Å². The van der Waals surface area contributed by atoms with Crippen LogP contribution in [0.4, 0.5) is 0 Å². The molecule has 1 aromatic carbocycles. The summed E-state index contributed by atoms with van der Waals surface area (Å²) < 4.78 is 0. The van der Waals surface area contributed by atoms with E-state index in [1.807, 2.05) is 13.0 Å². The van der Waals surface area contributed by atoms with Crippen molar-refractivity contribution in [1.29, 1.82) is 0 Å². The summed E-state index contributed by atoms with van der Waals surface area (Å²) in [6, 6.07) is 5.39. The summed E-state index contributed by atoms with van der Waals surface area (Å²) in [4.78, 5) is 31.4. The lowest BCUT2D eigenvalue weighted by Crippen LogP contribution is -2.45. The smallest absolute Gasteiger partial charge is 0.332 e. The van der Waals surface area contributed by atoms with Gasteiger partial charge in [0.1, 0.15) is 0 Å². The Bertz CT molecular complexity index is 649. The Labute approximate surface area is 160 Å². The van der Waals surface area contributed by atoms with Gasteiger partial charge < -0.3 is 4.84 Å². The van der Waals surface area contributed by atoms with Gasteiger partial charge in [-0.2, -0.15) is 5.06 Å². The van der Waals surface area contributed by atoms with Crippen LogP contribution in [0.15, 0.2) is 18.2 Å². The average molecular weight is 378 g/mol. The van der Waals surface area contributed by atoms with Crippen LogP contribution >= 0.6 is 11.6 Å². The van der Waals surface area contributed by atoms with Crippen LogP contribution in [-0.4, -0.2) is 23.0 Å². The SMILES string of the molecule is Cc1cc(C(=O)ON(C(=O)C2CCCC2)C2CCCCC2)ccc1CCl. The van der Waals surface area contributed by atoms with E-state index < -0.39 is 5.97 Å². The summed E-state index contributed by atoms with van der Waals surface area (Å²) in [5.41, 5.74) is 2.42. The number of halogens is 1. The highest BCUT2D eigenvalue weighted by Crippen LogP contribution is 2.31. The molecule has 0 bridgehead atoms. The standard InChI is InChI=1S/C21H28ClNO3/c1-15-13-17(11-12-18(15)14-22)21(25)26-23(19-9-3-2-4-10-19)20(24)16-7-5-6-8-16/h11-13,16,19H,2-10,14H2,1H3. The molecule has 26 heavy (non-hydrogen) atoms. The average Bonchev–Trinajstić information content (AvgIpc) is 3.21. The van der Waals surface area contributed by atoms with Crippen molar-refractivity contribution >= 4 is 23.5 Å². The molecule has 0 saturated heterocycles. The van der Waals surface area contributed by atoms with Crippen LogP contribution in [0.5, 0.6) is 0 Å². The Kier molecular flexibility index (Phi) is 6.58. The molecular formula is C21H28ClNO3. The molecule has 0 heterocycles. The van der Waals surface area contributed by atoms with Crippen molar-refractivity contribution < 1.29 is 14.4 Å². The van der Waals surface area contributed by atoms with Gasteiger partial charge in [0.05, 0.1) is 11.6 Å². The quantitative estimate of drug-likeness (QED) is 0.538. The molecule has 2 aliphatic rings. The maximum absolute atomic E-state index is 13.0. The van der Waals surface area contributed by atoms with Crippen molar-refractivity contribution in [3.05, 3.63) is 34.9 Å². The van der Waals surface area contributed by atoms with Gasteiger partial charge in [0.15, 0.2) is 0 Å². The van der Waals surface area contributed by atoms with Crippen molar-refractivity contribution in [3.63, 3.8) is 0 Å². The fourth-order valence-corrected chi connectivity index (χ4v) is 4.38. The fourth-order valence-electron chi connectivity index (χ4n) is 4.08. The normalized spacial score (nSPS) is 18.7. The van der Waals surface area contributed by atoms with E-state index in [1.165, 1.54) is 11.5 Å². The summed E-state index contributed by atoms with van der Waals surface area (Å²) in [5.74, 6) is -0.0386. The Balaban J connectivity index is 1.76. The van der Waals surface area contributed by atoms with Crippen LogP contribution in [0.2, 0.25) is 0 Å². The minimum atomic E-state index is -0.453. The maximum atomic E-state index is 13.0. The first kappa shape index (κ1) is 19.2. The Morgan fingerprint density at radius 2 is 1.73 bits per heavy atom. The lowest BCUT2D eigenvalue weighted by atomic mass is 9.94. The minimum absolute atomic E-state index is 0.00292. The van der Waals surface area contributed by atoms with Gasteiger partial charge >= 0.3 is 5.97 Å². The predicted octanol–water partition coefficient (Wildman–Crippen LogP) is 5.16. The number of alkyl halides is 1. The van der Waals surface area contributed by atoms with Gasteiger partial charge in [0.25, 0.3) is 5.91 Å². The molecule has 0 unspecified atom stereocenters. The highest BCUT2D eigenvalue weighted by atomic mass is 35.5. The molecule has 0 aliphatic heterocycles. The Morgan fingerprint density at radius 1 is 1.08 bits per heavy atom. The molecule has 2 aliphatic carbocycles. The van der Waals surface area contributed by atoms with Gasteiger partial charge in [-0.05, 0) is 55.9 Å². The number of rotatable bonds is 4. The molecule has 3 rings (SSSR count). The van der Waals surface area contributed by atoms with E-state index in [0.717, 1.165) is 62.5 Å². The number of aryl methyl sites for hydroxylation is 1. The molecule has 0 atom stereocenters. The molecule has 0 spiro atoms. The summed E-state index contributed by atoms with van der Waals surface area (Å²) in [7, 11) is 0. The number of carbonyl (C=O) groups excluding carboxylic acids is 2. The zero-order chi connectivity index (χ0) is 18.5. The van der Waals surface area contributed by atoms with E-state index in [9.17, 15) is 9.59 Å². The number of nitrogens with zero attached hydrogens (tertiary/aromatic N) is 1. The molecule has 2 fully saturated rings. The third-order valence-corrected chi connectivity index (χ3v) is 6.02. The van der Waals surface area contributed by atoms with Crippen LogP contribution in [0.1, 0.15) is 79.3 Å². The van der Waals surface area contributed by atoms with Crippen molar-refractivity contribution in [2.45, 2.75) is 76.6 Å². The van der Waals surface area contributed by atoms with Gasteiger partial charge in [-0.1, -0.05) is 38.2 Å². The first-order valence-electron chi connectivity index (χ1n) is 9.81. The number of hydroxylamine groups is 2. The van der Waals surface area contributed by atoms with E-state index >= 15 is 0 Å². The number of carbonyl (C=O) groups is 2. The summed E-state index contributed by atoms with van der Waals surface area (Å²) in [6.45, 7) is 1.93. The molecule has 2 saturated carbocycles. The molecule has 1 amide bonds. The van der Waals surface area contributed by atoms with Crippen molar-refractivity contribution in [2.24, 2.45) is 5.92 Å². The maximum Gasteiger partial charge on any atom is 0.363 e. The molecular weight excluding hydrogens is 350 g/mol. The zero-order valence-electron chi connectivity index (χ0n) is 15.5. The molecule has 0 radical (unpaired) electrons. The highest BCUT2D eigenvalue weighted by molar-refractivity contribution is 6.17. The second-order valence-corrected chi connectivity index (χ2v) is 7.86. The second-order valence-electron chi connectivity index (χ2n) is 7.59. The molecule has 142 valence electrons. The van der Waals surface area contributed by atoms with Gasteiger partial charge in [-0.3, -0.25) is 4.79 Å². The zero-order valence-corrected chi connectivity index (χ0v) is 16.3. The van der Waals surface area contributed by atoms with Crippen molar-refractivity contribution in [2.75, 3.05) is 0 Å². The van der Waals surface area contributed by atoms with Crippen molar-refractivity contribution in [3.8, 4) is 0 Å². The number of hydrogen-bond acceptors (Lipinski definition) is 3. The molecule has 5 heteroatoms. The van der Waals surface area contributed by atoms with E-state index in [0.29, 0.717) is 11.4 Å². The number of benzene rings is 1. The molecule has 4 nitrogen and oxygen atoms in total. The number of hydrogen-bond donors (Lipinski definition) is 0. The Morgan fingerprint density at radius 3 is 2.35 bits per heavy atom. The largest absolute Gasteiger partial charge is 0.363 e. The van der Waals surface area contributed by atoms with E-state index in [4.69, 9.17) is 16.4 Å². The predicted molar refractivity (Wildman–Crippen MR) is 102 cm³/mol. The topological polar surface area (TPSA) is 46.6 Å². The summed E-state index contributed by atoms with van der Waals surface area (Å²) >= 11 is 5.90. The third-order valence-electron chi connectivity index (χ3n) is 5.73. The lowest BCUT2D eigenvalue weighted by Gasteiger charge is -2.33. The van der Waals surface area contributed by atoms with Crippen LogP contribution in [0.25, 0.3) is 0 Å². The van der Waals surface area contributed by atoms with Gasteiger partial charge in [0, 0.05) is 11.8 Å². The third kappa shape index (κ3) is 4.40. The van der Waals surface area contributed by atoms with E-state index in [1.54, 1.807) is 12.1 Å². The van der Waals surface area contributed by atoms with E-state index in [2.05, 4.69) is 0 Å². The number of amides is 1. The first-order valence-corrected chi connectivity index (χ1v) is 10.3. The second kappa shape index (κ2) is 8.90. The first-order chi connectivity index (χ1) is 12.6. The molecule has 1 aromatic rings. The van der Waals surface area contributed by atoms with E-state index in [-0.39, 0.29) is 17.9 Å². The highest BCUT2D eigenvalue weighted by Gasteiger charge is 2.35. The summed E-state index contributed by atoms with van der Waals surface area (Å²) in [5, 5.41) is 1.43. The van der Waals surface area contributed by atoms with Crippen LogP contribution in [0.3, 0.4) is 0 Å². The van der Waals surface area contributed by atoms with Crippen LogP contribution in [0, 0.1) is 12.8 Å². The van der Waals surface area contributed by atoms with Crippen molar-refractivity contribution in [1.82, 2.24) is 5.06 Å². The van der Waals surface area contributed by atoms with Gasteiger partial charge in [-0.25, -0.2) is 4.79 Å². The Hall–Kier alpha value is -1.55. The van der Waals surface area contributed by atoms with Gasteiger partial charge in [-0.15, -0.1) is 11.6 Å². The fraction of sp³-hybridized carbons (Fsp3) is 0.619. The molecule has 0 aromatic heterocycles. The monoisotopic (exact) mass is 377 g/mol. The van der Waals surface area contributed by atoms with Crippen LogP contribution < -0.4 is 0 Å². The van der Waals surface area contributed by atoms with Crippen LogP contribution in [-0.2, 0) is 15.5 Å².